The molecule has 1 saturated heterocycles. The highest BCUT2D eigenvalue weighted by Crippen LogP contribution is 2.27. The Morgan fingerprint density at radius 2 is 1.85 bits per heavy atom. The standard InChI is InChI=1S/C18H24N6.C11H17NS.2C2H6/c1-21-17(12-22-11-13-6-8-24(20)9-7-13)18-14-4-2-3-5-15(14)23-16(18)10-19;1-4-5-11(6-7-13-3)8-10(2)9-12;2*1-2/h2-5,12-13,21-23H,6-9,11,20H2,1H3;4-6,10H,7-8H2,1-3H3;2*1-2H3/b17-12-;5-4-,11-6+;;. The van der Waals surface area contributed by atoms with Crippen LogP contribution in [0.3, 0.4) is 0 Å². The lowest BCUT2D eigenvalue weighted by Crippen LogP contribution is -2.40. The summed E-state index contributed by atoms with van der Waals surface area (Å²) in [5, 5.41) is 27.7. The molecule has 226 valence electrons. The molecule has 2 heterocycles. The Labute approximate surface area is 253 Å². The fourth-order valence-electron chi connectivity index (χ4n) is 4.28. The van der Waals surface area contributed by atoms with Gasteiger partial charge in [0.05, 0.1) is 11.8 Å². The fraction of sp³-hybridized carbons (Fsp3) is 0.515. The van der Waals surface area contributed by atoms with E-state index in [2.05, 4.69) is 46.2 Å². The summed E-state index contributed by atoms with van der Waals surface area (Å²) >= 11 is 1.80. The molecule has 0 aliphatic carbocycles. The van der Waals surface area contributed by atoms with Gasteiger partial charge in [0.25, 0.3) is 0 Å². The zero-order valence-corrected chi connectivity index (χ0v) is 27.4. The molecule has 8 heteroatoms. The highest BCUT2D eigenvalue weighted by Gasteiger charge is 2.17. The van der Waals surface area contributed by atoms with Crippen LogP contribution in [0.15, 0.2) is 54.3 Å². The van der Waals surface area contributed by atoms with E-state index in [-0.39, 0.29) is 5.92 Å². The molecule has 7 nitrogen and oxygen atoms in total. The number of H-pyrrole nitrogens is 1. The van der Waals surface area contributed by atoms with Crippen molar-refractivity contribution in [2.45, 2.75) is 60.8 Å². The van der Waals surface area contributed by atoms with Crippen LogP contribution in [0, 0.1) is 34.5 Å². The predicted molar refractivity (Wildman–Crippen MR) is 180 cm³/mol. The zero-order valence-electron chi connectivity index (χ0n) is 26.6. The van der Waals surface area contributed by atoms with E-state index in [1.54, 1.807) is 11.8 Å². The van der Waals surface area contributed by atoms with Crippen molar-refractivity contribution in [1.82, 2.24) is 20.6 Å². The molecule has 1 aromatic heterocycles. The summed E-state index contributed by atoms with van der Waals surface area (Å²) in [4.78, 5) is 3.18. The molecule has 3 rings (SSSR count). The Balaban J connectivity index is 0.000000804. The van der Waals surface area contributed by atoms with Crippen LogP contribution >= 0.6 is 11.8 Å². The average Bonchev–Trinajstić information content (AvgIpc) is 3.40. The van der Waals surface area contributed by atoms with Crippen molar-refractivity contribution in [2.24, 2.45) is 17.7 Å². The van der Waals surface area contributed by atoms with Crippen molar-refractivity contribution < 1.29 is 0 Å². The fourth-order valence-corrected chi connectivity index (χ4v) is 4.66. The van der Waals surface area contributed by atoms with Gasteiger partial charge in [-0.25, -0.2) is 5.01 Å². The third kappa shape index (κ3) is 13.8. The normalized spacial score (nSPS) is 14.8. The molecule has 0 amide bonds. The Kier molecular flexibility index (Phi) is 21.7. The van der Waals surface area contributed by atoms with Gasteiger partial charge in [-0.3, -0.25) is 5.84 Å². The van der Waals surface area contributed by atoms with Crippen LogP contribution in [0.25, 0.3) is 16.6 Å². The molecule has 1 aliphatic rings. The van der Waals surface area contributed by atoms with Gasteiger partial charge in [0.15, 0.2) is 0 Å². The number of benzene rings is 1. The molecule has 0 bridgehead atoms. The van der Waals surface area contributed by atoms with Crippen LogP contribution in [0.2, 0.25) is 0 Å². The van der Waals surface area contributed by atoms with Gasteiger partial charge in [-0.05, 0) is 51.3 Å². The highest BCUT2D eigenvalue weighted by atomic mass is 32.2. The molecule has 5 N–H and O–H groups in total. The van der Waals surface area contributed by atoms with E-state index < -0.39 is 0 Å². The van der Waals surface area contributed by atoms with Crippen molar-refractivity contribution in [1.29, 1.82) is 10.5 Å². The number of fused-ring (bicyclic) bond motifs is 1. The van der Waals surface area contributed by atoms with Crippen LogP contribution in [-0.2, 0) is 0 Å². The summed E-state index contributed by atoms with van der Waals surface area (Å²) in [5.41, 5.74) is 4.65. The smallest absolute Gasteiger partial charge is 0.128 e. The molecular formula is C33H53N7S. The first kappa shape index (κ1) is 37.8. The zero-order chi connectivity index (χ0) is 31.0. The summed E-state index contributed by atoms with van der Waals surface area (Å²) in [6, 6.07) is 12.5. The van der Waals surface area contributed by atoms with E-state index >= 15 is 0 Å². The third-order valence-electron chi connectivity index (χ3n) is 6.31. The molecule has 1 aromatic carbocycles. The Morgan fingerprint density at radius 1 is 1.20 bits per heavy atom. The van der Waals surface area contributed by atoms with Crippen molar-refractivity contribution in [3.05, 3.63) is 65.5 Å². The number of hydrogen-bond acceptors (Lipinski definition) is 7. The maximum absolute atomic E-state index is 9.44. The number of nitrogens with zero attached hydrogens (tertiary/aromatic N) is 3. The number of rotatable bonds is 10. The number of aromatic nitrogens is 1. The topological polar surface area (TPSA) is 117 Å². The lowest BCUT2D eigenvalue weighted by molar-refractivity contribution is 0.188. The molecule has 1 fully saturated rings. The van der Waals surface area contributed by atoms with E-state index in [4.69, 9.17) is 11.1 Å². The van der Waals surface area contributed by atoms with Crippen LogP contribution in [0.4, 0.5) is 0 Å². The quantitative estimate of drug-likeness (QED) is 0.174. The lowest BCUT2D eigenvalue weighted by Gasteiger charge is -2.28. The number of thioether (sulfide) groups is 1. The first-order valence-electron chi connectivity index (χ1n) is 14.8. The molecule has 1 unspecified atom stereocenters. The van der Waals surface area contributed by atoms with Gasteiger partial charge in [-0.15, -0.1) is 0 Å². The Bertz CT molecular complexity index is 1140. The molecule has 1 atom stereocenters. The molecule has 0 saturated carbocycles. The van der Waals surface area contributed by atoms with Crippen LogP contribution < -0.4 is 16.5 Å². The van der Waals surface area contributed by atoms with Crippen molar-refractivity contribution in [3.8, 4) is 12.1 Å². The van der Waals surface area contributed by atoms with Gasteiger partial charge in [0, 0.05) is 61.0 Å². The maximum atomic E-state index is 9.44. The van der Waals surface area contributed by atoms with Gasteiger partial charge >= 0.3 is 0 Å². The van der Waals surface area contributed by atoms with Crippen LogP contribution in [-0.4, -0.2) is 48.7 Å². The highest BCUT2D eigenvalue weighted by molar-refractivity contribution is 7.98. The van der Waals surface area contributed by atoms with E-state index in [1.165, 1.54) is 5.57 Å². The number of aromatic amines is 1. The van der Waals surface area contributed by atoms with Gasteiger partial charge < -0.3 is 15.6 Å². The SMILES string of the molecule is C/C=C\C(=C/CSC)CC(C)C#N.CC.CC.CN/C(=C\NCC1CCN(N)CC1)c1c(C#N)[nH]c2ccccc12. The number of nitrogens with two attached hydrogens (primary N) is 1. The molecule has 0 radical (unpaired) electrons. The lowest BCUT2D eigenvalue weighted by atomic mass is 9.98. The number of hydrazine groups is 1. The molecule has 1 aliphatic heterocycles. The minimum absolute atomic E-state index is 0.115. The minimum Gasteiger partial charge on any atom is -0.389 e. The van der Waals surface area contributed by atoms with Gasteiger partial charge in [0.1, 0.15) is 11.8 Å². The predicted octanol–water partition coefficient (Wildman–Crippen LogP) is 7.19. The number of nitrogens with one attached hydrogen (secondary N) is 3. The largest absolute Gasteiger partial charge is 0.389 e. The first-order valence-corrected chi connectivity index (χ1v) is 16.2. The number of piperidine rings is 1. The number of hydrogen-bond donors (Lipinski definition) is 4. The second kappa shape index (κ2) is 23.5. The van der Waals surface area contributed by atoms with Crippen molar-refractivity contribution >= 4 is 28.4 Å². The first-order chi connectivity index (χ1) is 20.0. The third-order valence-corrected chi connectivity index (χ3v) is 6.81. The van der Waals surface area contributed by atoms with Gasteiger partial charge in [-0.2, -0.15) is 22.3 Å². The van der Waals surface area contributed by atoms with E-state index in [9.17, 15) is 5.26 Å². The summed E-state index contributed by atoms with van der Waals surface area (Å²) in [6.45, 7) is 14.8. The van der Waals surface area contributed by atoms with Crippen LogP contribution in [0.1, 0.15) is 72.1 Å². The number of para-hydroxylation sites is 1. The second-order valence-electron chi connectivity index (χ2n) is 9.20. The summed E-state index contributed by atoms with van der Waals surface area (Å²) in [7, 11) is 1.88. The monoisotopic (exact) mass is 579 g/mol. The maximum Gasteiger partial charge on any atom is 0.128 e. The van der Waals surface area contributed by atoms with E-state index in [0.29, 0.717) is 11.6 Å². The summed E-state index contributed by atoms with van der Waals surface area (Å²) in [6.07, 6.45) is 13.5. The number of nitriles is 2. The van der Waals surface area contributed by atoms with Crippen molar-refractivity contribution in [3.63, 3.8) is 0 Å². The summed E-state index contributed by atoms with van der Waals surface area (Å²) < 4.78 is 0. The Hall–Kier alpha value is -3.17. The minimum atomic E-state index is 0.115. The second-order valence-corrected chi connectivity index (χ2v) is 10.1. The van der Waals surface area contributed by atoms with E-state index in [1.807, 2.05) is 90.1 Å². The average molecular weight is 580 g/mol. The van der Waals surface area contributed by atoms with Gasteiger partial charge in [-0.1, -0.05) is 69.7 Å². The van der Waals surface area contributed by atoms with Crippen molar-refractivity contribution in [2.75, 3.05) is 38.7 Å². The number of allylic oxidation sites excluding steroid dienone is 3. The Morgan fingerprint density at radius 3 is 2.41 bits per heavy atom. The molecule has 41 heavy (non-hydrogen) atoms. The molecular weight excluding hydrogens is 526 g/mol. The van der Waals surface area contributed by atoms with Gasteiger partial charge in [0.2, 0.25) is 0 Å². The molecule has 2 aromatic rings. The van der Waals surface area contributed by atoms with Crippen LogP contribution in [0.5, 0.6) is 0 Å². The molecule has 0 spiro atoms. The summed E-state index contributed by atoms with van der Waals surface area (Å²) in [5.74, 6) is 7.58. The van der Waals surface area contributed by atoms with E-state index in [0.717, 1.165) is 66.8 Å².